The second-order valence-electron chi connectivity index (χ2n) is 4.28. The molecule has 0 aliphatic carbocycles. The van der Waals surface area contributed by atoms with Crippen LogP contribution in [0, 0.1) is 5.82 Å². The lowest BCUT2D eigenvalue weighted by Crippen LogP contribution is -2.23. The summed E-state index contributed by atoms with van der Waals surface area (Å²) in [4.78, 5) is 8.33. The molecule has 0 spiro atoms. The first-order valence-electron chi connectivity index (χ1n) is 6.67. The van der Waals surface area contributed by atoms with Crippen LogP contribution in [0.3, 0.4) is 0 Å². The van der Waals surface area contributed by atoms with Crippen molar-refractivity contribution in [2.75, 3.05) is 13.2 Å². The minimum Gasteiger partial charge on any atom is -0.492 e. The maximum Gasteiger partial charge on any atom is 0.141 e. The molecule has 5 heteroatoms. The van der Waals surface area contributed by atoms with E-state index in [1.54, 1.807) is 18.5 Å². The second kappa shape index (κ2) is 6.96. The van der Waals surface area contributed by atoms with E-state index in [2.05, 4.69) is 15.3 Å². The number of pyridine rings is 2. The van der Waals surface area contributed by atoms with Gasteiger partial charge in [-0.3, -0.25) is 9.97 Å². The smallest absolute Gasteiger partial charge is 0.141 e. The summed E-state index contributed by atoms with van der Waals surface area (Å²) in [6.45, 7) is 5.29. The minimum absolute atomic E-state index is 0.131. The first kappa shape index (κ1) is 14.4. The number of halogens is 1. The predicted octanol–water partition coefficient (Wildman–Crippen LogP) is 2.71. The summed E-state index contributed by atoms with van der Waals surface area (Å²) in [5.74, 6) is 0.375. The molecule has 0 radical (unpaired) electrons. The molecule has 0 saturated carbocycles. The van der Waals surface area contributed by atoms with Crippen LogP contribution >= 0.6 is 0 Å². The van der Waals surface area contributed by atoms with Crippen LogP contribution in [0.1, 0.15) is 31.1 Å². The Kier molecular flexibility index (Phi) is 5.01. The van der Waals surface area contributed by atoms with Crippen molar-refractivity contribution in [2.45, 2.75) is 19.9 Å². The molecule has 0 aromatic carbocycles. The van der Waals surface area contributed by atoms with Crippen LogP contribution in [0.4, 0.5) is 4.39 Å². The fourth-order valence-corrected chi connectivity index (χ4v) is 1.99. The molecule has 106 valence electrons. The largest absolute Gasteiger partial charge is 0.492 e. The molecular formula is C15H18FN3O. The van der Waals surface area contributed by atoms with E-state index < -0.39 is 0 Å². The van der Waals surface area contributed by atoms with Gasteiger partial charge in [-0.1, -0.05) is 6.92 Å². The summed E-state index contributed by atoms with van der Waals surface area (Å²) in [7, 11) is 0. The molecule has 1 N–H and O–H groups in total. The molecule has 20 heavy (non-hydrogen) atoms. The zero-order valence-corrected chi connectivity index (χ0v) is 11.6. The topological polar surface area (TPSA) is 47.0 Å². The van der Waals surface area contributed by atoms with E-state index in [9.17, 15) is 4.39 Å². The SMILES string of the molecule is CCNC(c1cncc(OCC)c1)c1ccc(F)cn1. The number of ether oxygens (including phenoxy) is 1. The van der Waals surface area contributed by atoms with Crippen LogP contribution in [0.25, 0.3) is 0 Å². The molecule has 0 fully saturated rings. The van der Waals surface area contributed by atoms with Crippen LogP contribution in [0.2, 0.25) is 0 Å². The van der Waals surface area contributed by atoms with E-state index in [1.165, 1.54) is 12.3 Å². The van der Waals surface area contributed by atoms with Gasteiger partial charge in [0, 0.05) is 6.20 Å². The molecule has 0 aliphatic rings. The molecule has 0 amide bonds. The van der Waals surface area contributed by atoms with E-state index in [-0.39, 0.29) is 11.9 Å². The first-order chi connectivity index (χ1) is 9.74. The van der Waals surface area contributed by atoms with Gasteiger partial charge in [0.15, 0.2) is 0 Å². The highest BCUT2D eigenvalue weighted by Gasteiger charge is 2.15. The fraction of sp³-hybridized carbons (Fsp3) is 0.333. The van der Waals surface area contributed by atoms with E-state index >= 15 is 0 Å². The van der Waals surface area contributed by atoms with Gasteiger partial charge in [-0.2, -0.15) is 0 Å². The highest BCUT2D eigenvalue weighted by atomic mass is 19.1. The van der Waals surface area contributed by atoms with Crippen molar-refractivity contribution in [3.05, 3.63) is 53.9 Å². The van der Waals surface area contributed by atoms with Gasteiger partial charge >= 0.3 is 0 Å². The Morgan fingerprint density at radius 1 is 1.25 bits per heavy atom. The third kappa shape index (κ3) is 3.51. The Labute approximate surface area is 118 Å². The molecule has 2 aromatic heterocycles. The van der Waals surface area contributed by atoms with Gasteiger partial charge < -0.3 is 10.1 Å². The van der Waals surface area contributed by atoms with Gasteiger partial charge in [0.05, 0.1) is 30.7 Å². The molecule has 0 saturated heterocycles. The van der Waals surface area contributed by atoms with Crippen molar-refractivity contribution in [3.63, 3.8) is 0 Å². The lowest BCUT2D eigenvalue weighted by molar-refractivity contribution is 0.338. The summed E-state index contributed by atoms with van der Waals surface area (Å²) < 4.78 is 18.4. The lowest BCUT2D eigenvalue weighted by Gasteiger charge is -2.18. The zero-order valence-electron chi connectivity index (χ0n) is 11.6. The van der Waals surface area contributed by atoms with Crippen LogP contribution in [0.5, 0.6) is 5.75 Å². The van der Waals surface area contributed by atoms with Crippen molar-refractivity contribution < 1.29 is 9.13 Å². The highest BCUT2D eigenvalue weighted by Crippen LogP contribution is 2.23. The lowest BCUT2D eigenvalue weighted by atomic mass is 10.0. The maximum atomic E-state index is 13.0. The number of nitrogens with zero attached hydrogens (tertiary/aromatic N) is 2. The van der Waals surface area contributed by atoms with Crippen molar-refractivity contribution in [3.8, 4) is 5.75 Å². The van der Waals surface area contributed by atoms with Crippen molar-refractivity contribution in [1.29, 1.82) is 0 Å². The number of rotatable bonds is 6. The average Bonchev–Trinajstić information content (AvgIpc) is 2.47. The quantitative estimate of drug-likeness (QED) is 0.880. The molecule has 0 aliphatic heterocycles. The summed E-state index contributed by atoms with van der Waals surface area (Å²) in [6, 6.07) is 4.88. The molecular weight excluding hydrogens is 257 g/mol. The van der Waals surface area contributed by atoms with Crippen LogP contribution in [0.15, 0.2) is 36.8 Å². The molecule has 2 heterocycles. The van der Waals surface area contributed by atoms with Crippen LogP contribution in [-0.2, 0) is 0 Å². The van der Waals surface area contributed by atoms with Gasteiger partial charge in [-0.05, 0) is 37.2 Å². The Morgan fingerprint density at radius 2 is 2.10 bits per heavy atom. The van der Waals surface area contributed by atoms with Crippen molar-refractivity contribution >= 4 is 0 Å². The number of nitrogens with one attached hydrogen (secondary N) is 1. The van der Waals surface area contributed by atoms with Gasteiger partial charge in [0.25, 0.3) is 0 Å². The standard InChI is InChI=1S/C15H18FN3O/c1-3-18-15(14-6-5-12(16)9-19-14)11-7-13(20-4-2)10-17-8-11/h5-10,15,18H,3-4H2,1-2H3. The second-order valence-corrected chi connectivity index (χ2v) is 4.28. The Bertz CT molecular complexity index is 545. The Balaban J connectivity index is 2.32. The molecule has 2 rings (SSSR count). The van der Waals surface area contributed by atoms with Gasteiger partial charge in [-0.15, -0.1) is 0 Å². The normalized spacial score (nSPS) is 12.2. The van der Waals surface area contributed by atoms with Crippen molar-refractivity contribution in [2.24, 2.45) is 0 Å². The number of hydrogen-bond donors (Lipinski definition) is 1. The van der Waals surface area contributed by atoms with Crippen molar-refractivity contribution in [1.82, 2.24) is 15.3 Å². The number of aromatic nitrogens is 2. The van der Waals surface area contributed by atoms with Crippen LogP contribution in [-0.4, -0.2) is 23.1 Å². The van der Waals surface area contributed by atoms with Crippen LogP contribution < -0.4 is 10.1 Å². The third-order valence-corrected chi connectivity index (χ3v) is 2.83. The number of hydrogen-bond acceptors (Lipinski definition) is 4. The van der Waals surface area contributed by atoms with Gasteiger partial charge in [-0.25, -0.2) is 4.39 Å². The van der Waals surface area contributed by atoms with E-state index in [1.807, 2.05) is 19.9 Å². The van der Waals surface area contributed by atoms with E-state index in [0.29, 0.717) is 6.61 Å². The van der Waals surface area contributed by atoms with Gasteiger partial charge in [0.2, 0.25) is 0 Å². The highest BCUT2D eigenvalue weighted by molar-refractivity contribution is 5.31. The molecule has 4 nitrogen and oxygen atoms in total. The van der Waals surface area contributed by atoms with E-state index in [4.69, 9.17) is 4.74 Å². The molecule has 1 atom stereocenters. The van der Waals surface area contributed by atoms with Gasteiger partial charge in [0.1, 0.15) is 11.6 Å². The summed E-state index contributed by atoms with van der Waals surface area (Å²) in [5, 5.41) is 3.32. The fourth-order valence-electron chi connectivity index (χ4n) is 1.99. The summed E-state index contributed by atoms with van der Waals surface area (Å²) in [5.41, 5.74) is 1.70. The Hall–Kier alpha value is -2.01. The Morgan fingerprint density at radius 3 is 2.75 bits per heavy atom. The first-order valence-corrected chi connectivity index (χ1v) is 6.67. The molecule has 1 unspecified atom stereocenters. The summed E-state index contributed by atoms with van der Waals surface area (Å²) in [6.07, 6.45) is 4.66. The monoisotopic (exact) mass is 275 g/mol. The molecule has 2 aromatic rings. The minimum atomic E-state index is -0.342. The maximum absolute atomic E-state index is 13.0. The average molecular weight is 275 g/mol. The predicted molar refractivity (Wildman–Crippen MR) is 75.1 cm³/mol. The van der Waals surface area contributed by atoms with E-state index in [0.717, 1.165) is 23.6 Å². The zero-order chi connectivity index (χ0) is 14.4. The summed E-state index contributed by atoms with van der Waals surface area (Å²) >= 11 is 0. The molecule has 0 bridgehead atoms. The third-order valence-electron chi connectivity index (χ3n) is 2.83.